The van der Waals surface area contributed by atoms with E-state index in [-0.39, 0.29) is 29.9 Å². The SMILES string of the molecule is C/C=C\c1c(C)ncnc1N1CCC(C(=O)N[C@@H](CO)Cc2ccccc2)C2(CC2)C1. The van der Waals surface area contributed by atoms with E-state index in [1.165, 1.54) is 0 Å². The van der Waals surface area contributed by atoms with Crippen molar-refractivity contribution in [3.63, 3.8) is 0 Å². The van der Waals surface area contributed by atoms with Crippen LogP contribution in [0.2, 0.25) is 0 Å². The minimum Gasteiger partial charge on any atom is -0.394 e. The molecule has 0 bridgehead atoms. The van der Waals surface area contributed by atoms with E-state index in [1.54, 1.807) is 6.33 Å². The van der Waals surface area contributed by atoms with Crippen molar-refractivity contribution in [2.24, 2.45) is 11.3 Å². The highest BCUT2D eigenvalue weighted by Crippen LogP contribution is 2.56. The molecule has 1 saturated heterocycles. The van der Waals surface area contributed by atoms with E-state index >= 15 is 0 Å². The summed E-state index contributed by atoms with van der Waals surface area (Å²) in [5.41, 5.74) is 3.17. The van der Waals surface area contributed by atoms with Crippen LogP contribution in [0.25, 0.3) is 6.08 Å². The molecular formula is C25H32N4O2. The lowest BCUT2D eigenvalue weighted by atomic mass is 9.81. The Morgan fingerprint density at radius 1 is 1.32 bits per heavy atom. The van der Waals surface area contributed by atoms with Gasteiger partial charge in [-0.15, -0.1) is 0 Å². The van der Waals surface area contributed by atoms with Crippen LogP contribution in [-0.2, 0) is 11.2 Å². The lowest BCUT2D eigenvalue weighted by Gasteiger charge is -2.40. The van der Waals surface area contributed by atoms with Gasteiger partial charge in [-0.3, -0.25) is 4.79 Å². The van der Waals surface area contributed by atoms with Crippen LogP contribution in [0.15, 0.2) is 42.7 Å². The second-order valence-corrected chi connectivity index (χ2v) is 8.90. The Bertz CT molecular complexity index is 940. The van der Waals surface area contributed by atoms with Crippen molar-refractivity contribution >= 4 is 17.8 Å². The fraction of sp³-hybridized carbons (Fsp3) is 0.480. The molecule has 1 aliphatic heterocycles. The minimum atomic E-state index is -0.255. The number of carbonyl (C=O) groups excluding carboxylic acids is 1. The first-order valence-corrected chi connectivity index (χ1v) is 11.2. The van der Waals surface area contributed by atoms with Crippen LogP contribution in [0.1, 0.15) is 43.0 Å². The zero-order chi connectivity index (χ0) is 21.8. The Balaban J connectivity index is 1.45. The van der Waals surface area contributed by atoms with Crippen molar-refractivity contribution in [2.45, 2.75) is 45.6 Å². The van der Waals surface area contributed by atoms with E-state index in [2.05, 4.69) is 26.3 Å². The minimum absolute atomic E-state index is 0.0123. The summed E-state index contributed by atoms with van der Waals surface area (Å²) in [6.07, 6.45) is 9.28. The molecule has 6 nitrogen and oxygen atoms in total. The molecule has 1 amide bonds. The van der Waals surface area contributed by atoms with Crippen LogP contribution in [-0.4, -0.2) is 46.7 Å². The first-order valence-electron chi connectivity index (χ1n) is 11.2. The number of amides is 1. The van der Waals surface area contributed by atoms with Crippen LogP contribution < -0.4 is 10.2 Å². The molecule has 1 spiro atoms. The number of benzene rings is 1. The molecule has 31 heavy (non-hydrogen) atoms. The van der Waals surface area contributed by atoms with Crippen molar-refractivity contribution in [2.75, 3.05) is 24.6 Å². The van der Waals surface area contributed by atoms with Crippen molar-refractivity contribution in [1.82, 2.24) is 15.3 Å². The number of nitrogens with zero attached hydrogens (tertiary/aromatic N) is 3. The van der Waals surface area contributed by atoms with E-state index in [9.17, 15) is 9.90 Å². The van der Waals surface area contributed by atoms with Gasteiger partial charge < -0.3 is 15.3 Å². The average Bonchev–Trinajstić information content (AvgIpc) is 3.54. The molecule has 2 aromatic rings. The number of aromatic nitrogens is 2. The standard InChI is InChI=1S/C25H32N4O2/c1-3-7-21-18(2)26-17-27-23(21)29-13-10-22(25(16-29)11-12-25)24(31)28-20(15-30)14-19-8-5-4-6-9-19/h3-9,17,20,22,30H,10-16H2,1-2H3,(H,28,31)/b7-3-/t20-,22?/m1/s1. The van der Waals surface area contributed by atoms with Gasteiger partial charge in [0, 0.05) is 24.6 Å². The number of carbonyl (C=O) groups is 1. The van der Waals surface area contributed by atoms with Gasteiger partial charge in [-0.2, -0.15) is 0 Å². The molecule has 2 fully saturated rings. The van der Waals surface area contributed by atoms with E-state index in [4.69, 9.17) is 0 Å². The van der Waals surface area contributed by atoms with Crippen LogP contribution >= 0.6 is 0 Å². The lowest BCUT2D eigenvalue weighted by Crippen LogP contribution is -2.51. The topological polar surface area (TPSA) is 78.4 Å². The Kier molecular flexibility index (Phi) is 6.37. The zero-order valence-electron chi connectivity index (χ0n) is 18.4. The van der Waals surface area contributed by atoms with Gasteiger partial charge in [0.1, 0.15) is 12.1 Å². The van der Waals surface area contributed by atoms with Crippen molar-refractivity contribution in [1.29, 1.82) is 0 Å². The van der Waals surface area contributed by atoms with Gasteiger partial charge in [-0.25, -0.2) is 9.97 Å². The molecule has 164 valence electrons. The summed E-state index contributed by atoms with van der Waals surface area (Å²) >= 11 is 0. The normalized spacial score (nSPS) is 20.7. The second kappa shape index (κ2) is 9.18. The van der Waals surface area contributed by atoms with E-state index in [1.807, 2.05) is 50.3 Å². The molecule has 1 saturated carbocycles. The molecule has 6 heteroatoms. The fourth-order valence-electron chi connectivity index (χ4n) is 4.86. The number of hydrogen-bond donors (Lipinski definition) is 2. The quantitative estimate of drug-likeness (QED) is 0.720. The summed E-state index contributed by atoms with van der Waals surface area (Å²) in [5, 5.41) is 13.0. The predicted molar refractivity (Wildman–Crippen MR) is 123 cm³/mol. The third kappa shape index (κ3) is 4.64. The zero-order valence-corrected chi connectivity index (χ0v) is 18.4. The first-order chi connectivity index (χ1) is 15.1. The number of aliphatic hydroxyl groups excluding tert-OH is 1. The molecule has 0 radical (unpaired) electrons. The fourth-order valence-corrected chi connectivity index (χ4v) is 4.86. The Morgan fingerprint density at radius 3 is 2.77 bits per heavy atom. The average molecular weight is 421 g/mol. The van der Waals surface area contributed by atoms with Crippen LogP contribution in [0, 0.1) is 18.3 Å². The third-order valence-corrected chi connectivity index (χ3v) is 6.73. The maximum atomic E-state index is 13.2. The lowest BCUT2D eigenvalue weighted by molar-refractivity contribution is -0.128. The van der Waals surface area contributed by atoms with Gasteiger partial charge in [0.25, 0.3) is 0 Å². The van der Waals surface area contributed by atoms with Gasteiger partial charge in [0.2, 0.25) is 5.91 Å². The first kappa shape index (κ1) is 21.5. The van der Waals surface area contributed by atoms with Crippen molar-refractivity contribution in [3.8, 4) is 0 Å². The molecule has 2 N–H and O–H groups in total. The van der Waals surface area contributed by atoms with Crippen molar-refractivity contribution in [3.05, 3.63) is 59.6 Å². The maximum Gasteiger partial charge on any atom is 0.224 e. The van der Waals surface area contributed by atoms with Gasteiger partial charge in [0.15, 0.2) is 0 Å². The predicted octanol–water partition coefficient (Wildman–Crippen LogP) is 3.14. The highest BCUT2D eigenvalue weighted by atomic mass is 16.3. The molecule has 1 aromatic carbocycles. The number of hydrogen-bond acceptors (Lipinski definition) is 5. The molecule has 2 heterocycles. The van der Waals surface area contributed by atoms with Crippen LogP contribution in [0.5, 0.6) is 0 Å². The Hall–Kier alpha value is -2.73. The molecule has 1 aliphatic carbocycles. The Labute approximate surface area is 184 Å². The highest BCUT2D eigenvalue weighted by molar-refractivity contribution is 5.81. The number of allylic oxidation sites excluding steroid dienone is 1. The highest BCUT2D eigenvalue weighted by Gasteiger charge is 2.55. The van der Waals surface area contributed by atoms with E-state index < -0.39 is 0 Å². The number of nitrogens with one attached hydrogen (secondary N) is 1. The van der Waals surface area contributed by atoms with Crippen molar-refractivity contribution < 1.29 is 9.90 Å². The summed E-state index contributed by atoms with van der Waals surface area (Å²) in [5.74, 6) is 1.04. The summed E-state index contributed by atoms with van der Waals surface area (Å²) in [6.45, 7) is 5.59. The number of aliphatic hydroxyl groups is 1. The molecule has 2 atom stereocenters. The molecule has 1 aromatic heterocycles. The third-order valence-electron chi connectivity index (χ3n) is 6.73. The van der Waals surface area contributed by atoms with Gasteiger partial charge in [-0.1, -0.05) is 42.5 Å². The largest absolute Gasteiger partial charge is 0.394 e. The Morgan fingerprint density at radius 2 is 2.10 bits per heavy atom. The van der Waals surface area contributed by atoms with E-state index in [0.29, 0.717) is 6.42 Å². The smallest absolute Gasteiger partial charge is 0.224 e. The second-order valence-electron chi connectivity index (χ2n) is 8.90. The summed E-state index contributed by atoms with van der Waals surface area (Å²) < 4.78 is 0. The molecule has 4 rings (SSSR count). The summed E-state index contributed by atoms with van der Waals surface area (Å²) in [4.78, 5) is 24.5. The molecule has 1 unspecified atom stereocenters. The van der Waals surface area contributed by atoms with Gasteiger partial charge in [-0.05, 0) is 50.5 Å². The van der Waals surface area contributed by atoms with E-state index in [0.717, 1.165) is 55.0 Å². The van der Waals surface area contributed by atoms with Gasteiger partial charge >= 0.3 is 0 Å². The summed E-state index contributed by atoms with van der Waals surface area (Å²) in [6, 6.07) is 9.74. The van der Waals surface area contributed by atoms with Crippen LogP contribution in [0.3, 0.4) is 0 Å². The number of rotatable bonds is 7. The number of aryl methyl sites for hydroxylation is 1. The van der Waals surface area contributed by atoms with Crippen LogP contribution in [0.4, 0.5) is 5.82 Å². The van der Waals surface area contributed by atoms with Gasteiger partial charge in [0.05, 0.1) is 18.3 Å². The number of piperidine rings is 1. The molecular weight excluding hydrogens is 388 g/mol. The molecule has 2 aliphatic rings. The summed E-state index contributed by atoms with van der Waals surface area (Å²) in [7, 11) is 0. The monoisotopic (exact) mass is 420 g/mol. The maximum absolute atomic E-state index is 13.2. The number of anilines is 1.